The average Bonchev–Trinajstić information content (AvgIpc) is 2.81. The highest BCUT2D eigenvalue weighted by molar-refractivity contribution is 6.30. The van der Waals surface area contributed by atoms with Crippen LogP contribution in [0.3, 0.4) is 0 Å². The third-order valence-electron chi connectivity index (χ3n) is 2.84. The summed E-state index contributed by atoms with van der Waals surface area (Å²) in [5, 5.41) is 9.39. The number of carbonyl (C=O) groups is 2. The summed E-state index contributed by atoms with van der Waals surface area (Å²) in [5.41, 5.74) is 0. The normalized spacial score (nSPS) is 18.9. The van der Waals surface area contributed by atoms with Gasteiger partial charge in [0.1, 0.15) is 11.9 Å². The van der Waals surface area contributed by atoms with Crippen molar-refractivity contribution in [2.24, 2.45) is 0 Å². The van der Waals surface area contributed by atoms with E-state index in [0.29, 0.717) is 30.2 Å². The maximum absolute atomic E-state index is 12.0. The van der Waals surface area contributed by atoms with Gasteiger partial charge < -0.3 is 10.0 Å². The molecule has 2 rings (SSSR count). The summed E-state index contributed by atoms with van der Waals surface area (Å²) in [6.45, 7) is 0.476. The van der Waals surface area contributed by atoms with Crippen molar-refractivity contribution in [3.05, 3.63) is 23.2 Å². The molecular formula is C11H12ClN3O3. The topological polar surface area (TPSA) is 83.4 Å². The fraction of sp³-hybridized carbons (Fsp3) is 0.455. The number of carboxylic acids is 1. The van der Waals surface area contributed by atoms with Crippen molar-refractivity contribution in [1.82, 2.24) is 14.9 Å². The summed E-state index contributed by atoms with van der Waals surface area (Å²) < 4.78 is 0. The largest absolute Gasteiger partial charge is 0.480 e. The third kappa shape index (κ3) is 2.76. The Morgan fingerprint density at radius 1 is 1.44 bits per heavy atom. The lowest BCUT2D eigenvalue weighted by Gasteiger charge is -2.20. The quantitative estimate of drug-likeness (QED) is 0.875. The molecule has 1 N–H and O–H groups in total. The highest BCUT2D eigenvalue weighted by Crippen LogP contribution is 2.18. The number of carbonyl (C=O) groups excluding carboxylic acids is 1. The van der Waals surface area contributed by atoms with Gasteiger partial charge in [-0.05, 0) is 12.8 Å². The van der Waals surface area contributed by atoms with E-state index in [4.69, 9.17) is 16.7 Å². The van der Waals surface area contributed by atoms with Gasteiger partial charge in [-0.3, -0.25) is 4.79 Å². The van der Waals surface area contributed by atoms with Crippen LogP contribution in [0.4, 0.5) is 0 Å². The maximum atomic E-state index is 12.0. The lowest BCUT2D eigenvalue weighted by atomic mass is 10.2. The molecule has 1 aliphatic heterocycles. The molecule has 1 amide bonds. The van der Waals surface area contributed by atoms with Gasteiger partial charge in [0, 0.05) is 18.9 Å². The molecule has 18 heavy (non-hydrogen) atoms. The Bertz CT molecular complexity index is 463. The lowest BCUT2D eigenvalue weighted by Crippen LogP contribution is -2.41. The van der Waals surface area contributed by atoms with E-state index in [1.165, 1.54) is 17.3 Å². The fourth-order valence-corrected chi connectivity index (χ4v) is 2.09. The van der Waals surface area contributed by atoms with E-state index < -0.39 is 12.0 Å². The molecule has 1 saturated heterocycles. The minimum absolute atomic E-state index is 0.000941. The smallest absolute Gasteiger partial charge is 0.326 e. The molecule has 0 aromatic carbocycles. The molecule has 1 atom stereocenters. The zero-order chi connectivity index (χ0) is 13.1. The van der Waals surface area contributed by atoms with Crippen LogP contribution in [0, 0.1) is 0 Å². The molecule has 1 aromatic heterocycles. The molecule has 1 unspecified atom stereocenters. The number of rotatable bonds is 3. The monoisotopic (exact) mass is 269 g/mol. The summed E-state index contributed by atoms with van der Waals surface area (Å²) in [6.07, 6.45) is 4.04. The summed E-state index contributed by atoms with van der Waals surface area (Å²) in [7, 11) is 0. The van der Waals surface area contributed by atoms with E-state index in [1.807, 2.05) is 0 Å². The van der Waals surface area contributed by atoms with Crippen LogP contribution < -0.4 is 0 Å². The van der Waals surface area contributed by atoms with E-state index in [2.05, 4.69) is 9.97 Å². The molecule has 1 aliphatic rings. The van der Waals surface area contributed by atoms with Gasteiger partial charge in [0.25, 0.3) is 0 Å². The molecule has 2 heterocycles. The molecule has 7 heteroatoms. The van der Waals surface area contributed by atoms with Crippen LogP contribution in [-0.2, 0) is 16.0 Å². The first kappa shape index (κ1) is 12.8. The van der Waals surface area contributed by atoms with Crippen molar-refractivity contribution in [3.8, 4) is 0 Å². The van der Waals surface area contributed by atoms with E-state index >= 15 is 0 Å². The second-order valence-electron chi connectivity index (χ2n) is 4.08. The molecule has 96 valence electrons. The van der Waals surface area contributed by atoms with Crippen molar-refractivity contribution in [2.75, 3.05) is 6.54 Å². The first-order valence-corrected chi connectivity index (χ1v) is 5.94. The summed E-state index contributed by atoms with van der Waals surface area (Å²) in [4.78, 5) is 32.2. The van der Waals surface area contributed by atoms with Crippen LogP contribution in [0.1, 0.15) is 18.7 Å². The molecule has 1 aromatic rings. The first-order chi connectivity index (χ1) is 8.58. The molecule has 0 aliphatic carbocycles. The van der Waals surface area contributed by atoms with Gasteiger partial charge in [-0.1, -0.05) is 11.6 Å². The standard InChI is InChI=1S/C11H12ClN3O3/c12-7-5-13-9(14-6-7)4-10(16)15-3-1-2-8(15)11(17)18/h5-6,8H,1-4H2,(H,17,18). The molecule has 0 radical (unpaired) electrons. The minimum Gasteiger partial charge on any atom is -0.480 e. The van der Waals surface area contributed by atoms with Gasteiger partial charge in [0.2, 0.25) is 5.91 Å². The number of hydrogen-bond donors (Lipinski definition) is 1. The third-order valence-corrected chi connectivity index (χ3v) is 3.04. The van der Waals surface area contributed by atoms with Crippen molar-refractivity contribution < 1.29 is 14.7 Å². The second-order valence-corrected chi connectivity index (χ2v) is 4.51. The number of hydrogen-bond acceptors (Lipinski definition) is 4. The highest BCUT2D eigenvalue weighted by Gasteiger charge is 2.33. The van der Waals surface area contributed by atoms with Crippen LogP contribution in [-0.4, -0.2) is 44.4 Å². The fourth-order valence-electron chi connectivity index (χ4n) is 1.99. The SMILES string of the molecule is O=C(O)C1CCCN1C(=O)Cc1ncc(Cl)cn1. The number of amides is 1. The van der Waals surface area contributed by atoms with E-state index in [9.17, 15) is 9.59 Å². The summed E-state index contributed by atoms with van der Waals surface area (Å²) in [6, 6.07) is -0.718. The van der Waals surface area contributed by atoms with Crippen molar-refractivity contribution >= 4 is 23.5 Å². The molecule has 0 spiro atoms. The Morgan fingerprint density at radius 3 is 2.72 bits per heavy atom. The molecule has 0 bridgehead atoms. The Kier molecular flexibility index (Phi) is 3.76. The number of nitrogens with zero attached hydrogens (tertiary/aromatic N) is 3. The highest BCUT2D eigenvalue weighted by atomic mass is 35.5. The predicted molar refractivity (Wildman–Crippen MR) is 63.1 cm³/mol. The van der Waals surface area contributed by atoms with Crippen LogP contribution in [0.15, 0.2) is 12.4 Å². The molecule has 0 saturated carbocycles. The van der Waals surface area contributed by atoms with Crippen LogP contribution >= 0.6 is 11.6 Å². The number of aliphatic carboxylic acids is 1. The van der Waals surface area contributed by atoms with Crippen molar-refractivity contribution in [3.63, 3.8) is 0 Å². The van der Waals surface area contributed by atoms with E-state index in [1.54, 1.807) is 0 Å². The number of aromatic nitrogens is 2. The minimum atomic E-state index is -0.960. The van der Waals surface area contributed by atoms with Gasteiger partial charge in [0.15, 0.2) is 0 Å². The Labute approximate surface area is 109 Å². The van der Waals surface area contributed by atoms with Crippen LogP contribution in [0.2, 0.25) is 5.02 Å². The molecular weight excluding hydrogens is 258 g/mol. The predicted octanol–water partition coefficient (Wildman–Crippen LogP) is 0.748. The van der Waals surface area contributed by atoms with Gasteiger partial charge in [-0.2, -0.15) is 0 Å². The van der Waals surface area contributed by atoms with Crippen molar-refractivity contribution in [1.29, 1.82) is 0 Å². The van der Waals surface area contributed by atoms with Gasteiger partial charge in [-0.15, -0.1) is 0 Å². The first-order valence-electron chi connectivity index (χ1n) is 5.56. The Balaban J connectivity index is 2.03. The maximum Gasteiger partial charge on any atom is 0.326 e. The molecule has 6 nitrogen and oxygen atoms in total. The average molecular weight is 270 g/mol. The Hall–Kier alpha value is -1.69. The van der Waals surface area contributed by atoms with Gasteiger partial charge in [-0.25, -0.2) is 14.8 Å². The van der Waals surface area contributed by atoms with Crippen LogP contribution in [0.5, 0.6) is 0 Å². The summed E-state index contributed by atoms with van der Waals surface area (Å²) in [5.74, 6) is -0.875. The van der Waals surface area contributed by atoms with Crippen LogP contribution in [0.25, 0.3) is 0 Å². The lowest BCUT2D eigenvalue weighted by molar-refractivity contribution is -0.148. The second kappa shape index (κ2) is 5.30. The van der Waals surface area contributed by atoms with Gasteiger partial charge >= 0.3 is 5.97 Å². The number of halogens is 1. The molecule has 1 fully saturated rings. The Morgan fingerprint density at radius 2 is 2.11 bits per heavy atom. The van der Waals surface area contributed by atoms with Crippen molar-refractivity contribution in [2.45, 2.75) is 25.3 Å². The summed E-state index contributed by atoms with van der Waals surface area (Å²) >= 11 is 5.64. The number of likely N-dealkylation sites (tertiary alicyclic amines) is 1. The zero-order valence-corrected chi connectivity index (χ0v) is 10.3. The van der Waals surface area contributed by atoms with Gasteiger partial charge in [0.05, 0.1) is 11.4 Å². The van der Waals surface area contributed by atoms with E-state index in [0.717, 1.165) is 0 Å². The number of carboxylic acid groups (broad SMARTS) is 1. The zero-order valence-electron chi connectivity index (χ0n) is 9.54. The van der Waals surface area contributed by atoms with E-state index in [-0.39, 0.29) is 12.3 Å².